The monoisotopic (exact) mass is 518 g/mol. The van der Waals surface area contributed by atoms with Gasteiger partial charge in [0.2, 0.25) is 5.79 Å². The Morgan fingerprint density at radius 3 is 2.25 bits per heavy atom. The molecular weight excluding hydrogens is 484 g/mol. The fraction of sp³-hybridized carbons (Fsp3) is 0.500. The van der Waals surface area contributed by atoms with Gasteiger partial charge in [0.1, 0.15) is 11.9 Å². The van der Waals surface area contributed by atoms with E-state index in [1.54, 1.807) is 12.1 Å². The van der Waals surface area contributed by atoms with Crippen LogP contribution >= 0.6 is 11.6 Å². The first-order chi connectivity index (χ1) is 17.1. The van der Waals surface area contributed by atoms with Crippen molar-refractivity contribution < 1.29 is 33.3 Å². The smallest absolute Gasteiger partial charge is 0.303 e. The second kappa shape index (κ2) is 12.1. The van der Waals surface area contributed by atoms with E-state index in [4.69, 9.17) is 35.3 Å². The van der Waals surface area contributed by atoms with Gasteiger partial charge in [-0.15, -0.1) is 0 Å². The summed E-state index contributed by atoms with van der Waals surface area (Å²) in [6.07, 6.45) is -0.913. The molecule has 1 fully saturated rings. The van der Waals surface area contributed by atoms with Crippen LogP contribution in [0.4, 0.5) is 0 Å². The van der Waals surface area contributed by atoms with E-state index in [9.17, 15) is 9.59 Å². The molecule has 1 saturated heterocycles. The van der Waals surface area contributed by atoms with Crippen LogP contribution in [-0.4, -0.2) is 44.0 Å². The Kier molecular flexibility index (Phi) is 9.39. The second-order valence-electron chi connectivity index (χ2n) is 8.96. The van der Waals surface area contributed by atoms with Crippen LogP contribution in [0.3, 0.4) is 0 Å². The molecule has 1 heterocycles. The highest BCUT2D eigenvalue weighted by atomic mass is 35.5. The third kappa shape index (κ3) is 6.02. The molecule has 0 bridgehead atoms. The van der Waals surface area contributed by atoms with Gasteiger partial charge in [-0.25, -0.2) is 0 Å². The summed E-state index contributed by atoms with van der Waals surface area (Å²) in [7, 11) is 1.49. The third-order valence-corrected chi connectivity index (χ3v) is 6.85. The van der Waals surface area contributed by atoms with Crippen LogP contribution in [0.2, 0.25) is 5.02 Å². The molecule has 2 aromatic rings. The van der Waals surface area contributed by atoms with Gasteiger partial charge in [-0.2, -0.15) is 0 Å². The van der Waals surface area contributed by atoms with Crippen molar-refractivity contribution in [3.8, 4) is 5.75 Å². The van der Waals surface area contributed by atoms with Crippen molar-refractivity contribution in [3.05, 3.63) is 64.2 Å². The lowest BCUT2D eigenvalue weighted by Crippen LogP contribution is -2.62. The Hall–Kier alpha value is -2.61. The minimum Gasteiger partial charge on any atom is -0.494 e. The Morgan fingerprint density at radius 2 is 1.69 bits per heavy atom. The van der Waals surface area contributed by atoms with Crippen molar-refractivity contribution in [1.82, 2.24) is 0 Å². The maximum atomic E-state index is 12.2. The number of rotatable bonds is 9. The van der Waals surface area contributed by atoms with Gasteiger partial charge < -0.3 is 23.7 Å². The van der Waals surface area contributed by atoms with Crippen molar-refractivity contribution in [3.63, 3.8) is 0 Å². The standard InChI is InChI=1S/C28H35ClO7/c1-7-25-17(3)26(34-18(4)30)27(35-19(5)31)28(32-6,36-25)22-11-14-24(29)21(16-22)15-20-9-12-23(13-10-20)33-8-2/h9-14,16-17,25-27H,7-8,15H2,1-6H3/t17-,25-,26+,27-,28+/m1/s1. The van der Waals surface area contributed by atoms with Gasteiger partial charge in [0.15, 0.2) is 6.10 Å². The van der Waals surface area contributed by atoms with Gasteiger partial charge in [0.05, 0.1) is 12.7 Å². The molecule has 2 aromatic carbocycles. The van der Waals surface area contributed by atoms with E-state index in [0.29, 0.717) is 30.0 Å². The summed E-state index contributed by atoms with van der Waals surface area (Å²) in [6, 6.07) is 13.3. The first kappa shape index (κ1) is 28.0. The zero-order valence-corrected chi connectivity index (χ0v) is 22.5. The minimum absolute atomic E-state index is 0.234. The van der Waals surface area contributed by atoms with E-state index in [2.05, 4.69) is 0 Å². The number of halogens is 1. The zero-order valence-electron chi connectivity index (χ0n) is 21.7. The van der Waals surface area contributed by atoms with Crippen LogP contribution in [0.5, 0.6) is 5.75 Å². The minimum atomic E-state index is -1.50. The Labute approximate surface area is 218 Å². The molecule has 3 rings (SSSR count). The number of hydrogen-bond donors (Lipinski definition) is 0. The summed E-state index contributed by atoms with van der Waals surface area (Å²) < 4.78 is 29.5. The highest BCUT2D eigenvalue weighted by Gasteiger charge is 2.58. The van der Waals surface area contributed by atoms with Crippen molar-refractivity contribution in [2.45, 2.75) is 71.6 Å². The predicted molar refractivity (Wildman–Crippen MR) is 136 cm³/mol. The lowest BCUT2D eigenvalue weighted by molar-refractivity contribution is -0.356. The fourth-order valence-electron chi connectivity index (χ4n) is 4.77. The molecule has 36 heavy (non-hydrogen) atoms. The molecule has 8 heteroatoms. The molecule has 7 nitrogen and oxygen atoms in total. The normalized spacial score (nSPS) is 25.8. The summed E-state index contributed by atoms with van der Waals surface area (Å²) in [5.74, 6) is -1.94. The van der Waals surface area contributed by atoms with Gasteiger partial charge in [-0.3, -0.25) is 9.59 Å². The molecule has 0 spiro atoms. The van der Waals surface area contributed by atoms with E-state index in [1.165, 1.54) is 21.0 Å². The van der Waals surface area contributed by atoms with Crippen molar-refractivity contribution in [2.75, 3.05) is 13.7 Å². The first-order valence-corrected chi connectivity index (χ1v) is 12.6. The topological polar surface area (TPSA) is 80.3 Å². The van der Waals surface area contributed by atoms with E-state index in [-0.39, 0.29) is 12.0 Å². The van der Waals surface area contributed by atoms with Gasteiger partial charge in [-0.05, 0) is 55.2 Å². The van der Waals surface area contributed by atoms with Gasteiger partial charge >= 0.3 is 11.9 Å². The van der Waals surface area contributed by atoms with Crippen molar-refractivity contribution in [1.29, 1.82) is 0 Å². The maximum Gasteiger partial charge on any atom is 0.303 e. The number of esters is 2. The Morgan fingerprint density at radius 1 is 1.03 bits per heavy atom. The summed E-state index contributed by atoms with van der Waals surface area (Å²) in [5, 5.41) is 0.579. The lowest BCUT2D eigenvalue weighted by Gasteiger charge is -2.50. The number of carbonyl (C=O) groups excluding carboxylic acids is 2. The van der Waals surface area contributed by atoms with Crippen molar-refractivity contribution in [2.24, 2.45) is 5.92 Å². The number of carbonyl (C=O) groups is 2. The molecular formula is C28H35ClO7. The second-order valence-corrected chi connectivity index (χ2v) is 9.37. The lowest BCUT2D eigenvalue weighted by atomic mass is 9.81. The highest BCUT2D eigenvalue weighted by Crippen LogP contribution is 2.45. The molecule has 0 N–H and O–H groups in total. The quantitative estimate of drug-likeness (QED) is 0.409. The molecule has 196 valence electrons. The van der Waals surface area contributed by atoms with Crippen LogP contribution in [0.15, 0.2) is 42.5 Å². The molecule has 0 saturated carbocycles. The largest absolute Gasteiger partial charge is 0.494 e. The molecule has 0 aliphatic carbocycles. The average Bonchev–Trinajstić information content (AvgIpc) is 2.84. The fourth-order valence-corrected chi connectivity index (χ4v) is 4.96. The van der Waals surface area contributed by atoms with Crippen LogP contribution in [0, 0.1) is 5.92 Å². The molecule has 1 aliphatic rings. The average molecular weight is 519 g/mol. The van der Waals surface area contributed by atoms with Crippen molar-refractivity contribution >= 4 is 23.5 Å². The number of hydrogen-bond acceptors (Lipinski definition) is 7. The van der Waals surface area contributed by atoms with Crippen LogP contribution in [0.25, 0.3) is 0 Å². The summed E-state index contributed by atoms with van der Waals surface area (Å²) in [5.41, 5.74) is 2.50. The number of methoxy groups -OCH3 is 1. The van der Waals surface area contributed by atoms with E-state index < -0.39 is 29.9 Å². The van der Waals surface area contributed by atoms with E-state index >= 15 is 0 Å². The van der Waals surface area contributed by atoms with Gasteiger partial charge in [-0.1, -0.05) is 43.6 Å². The van der Waals surface area contributed by atoms with Gasteiger partial charge in [0, 0.05) is 37.5 Å². The molecule has 1 aliphatic heterocycles. The molecule has 0 radical (unpaired) electrons. The first-order valence-electron chi connectivity index (χ1n) is 12.2. The Balaban J connectivity index is 2.07. The number of ether oxygens (including phenoxy) is 5. The van der Waals surface area contributed by atoms with Crippen LogP contribution < -0.4 is 4.74 Å². The van der Waals surface area contributed by atoms with E-state index in [1.807, 2.05) is 51.1 Å². The molecule has 0 unspecified atom stereocenters. The molecule has 0 amide bonds. The third-order valence-electron chi connectivity index (χ3n) is 6.48. The summed E-state index contributed by atoms with van der Waals surface area (Å²) in [6.45, 7) is 9.08. The zero-order chi connectivity index (χ0) is 26.5. The molecule has 5 atom stereocenters. The van der Waals surface area contributed by atoms with Crippen LogP contribution in [0.1, 0.15) is 57.7 Å². The summed E-state index contributed by atoms with van der Waals surface area (Å²) in [4.78, 5) is 24.2. The van der Waals surface area contributed by atoms with Crippen LogP contribution in [-0.2, 0) is 40.7 Å². The maximum absolute atomic E-state index is 12.2. The summed E-state index contributed by atoms with van der Waals surface area (Å²) >= 11 is 6.59. The van der Waals surface area contributed by atoms with E-state index in [0.717, 1.165) is 16.9 Å². The van der Waals surface area contributed by atoms with Gasteiger partial charge in [0.25, 0.3) is 0 Å². The molecule has 0 aromatic heterocycles. The Bertz CT molecular complexity index is 1050. The highest BCUT2D eigenvalue weighted by molar-refractivity contribution is 6.31. The number of benzene rings is 2. The predicted octanol–water partition coefficient (Wildman–Crippen LogP) is 5.44. The SMILES string of the molecule is CCOc1ccc(Cc2cc([C@]3(OC)O[C@H](CC)[C@@H](C)[C@H](OC(C)=O)[C@H]3OC(C)=O)ccc2Cl)cc1.